The van der Waals surface area contributed by atoms with Crippen molar-refractivity contribution in [2.75, 3.05) is 31.5 Å². The first-order chi connectivity index (χ1) is 19.4. The number of rotatable bonds is 5. The first kappa shape index (κ1) is 29.8. The summed E-state index contributed by atoms with van der Waals surface area (Å²) < 4.78 is 15.1. The highest BCUT2D eigenvalue weighted by Crippen LogP contribution is 2.57. The Bertz CT molecular complexity index is 1370. The number of piperazine rings is 1. The molecule has 3 heterocycles. The van der Waals surface area contributed by atoms with E-state index in [9.17, 15) is 14.4 Å². The molecule has 0 aromatic heterocycles. The predicted molar refractivity (Wildman–Crippen MR) is 159 cm³/mol. The highest BCUT2D eigenvalue weighted by molar-refractivity contribution is 6.31. The average Bonchev–Trinajstić information content (AvgIpc) is 3.38. The minimum Gasteiger partial charge on any atom is -0.339 e. The normalized spacial score (nSPS) is 25.9. The molecular formula is C31H37Cl2FN4O3. The quantitative estimate of drug-likeness (QED) is 0.483. The third-order valence-electron chi connectivity index (χ3n) is 8.58. The van der Waals surface area contributed by atoms with Gasteiger partial charge in [-0.15, -0.1) is 0 Å². The summed E-state index contributed by atoms with van der Waals surface area (Å²) >= 11 is 12.6. The summed E-state index contributed by atoms with van der Waals surface area (Å²) in [4.78, 5) is 44.7. The lowest BCUT2D eigenvalue weighted by atomic mass is 9.62. The van der Waals surface area contributed by atoms with Crippen LogP contribution < -0.4 is 10.6 Å². The van der Waals surface area contributed by atoms with Crippen LogP contribution in [0.1, 0.15) is 64.0 Å². The molecule has 0 radical (unpaired) electrons. The molecule has 2 N–H and O–H groups in total. The van der Waals surface area contributed by atoms with Gasteiger partial charge in [0.15, 0.2) is 0 Å². The third-order valence-corrected chi connectivity index (χ3v) is 9.11. The van der Waals surface area contributed by atoms with Crippen molar-refractivity contribution in [1.82, 2.24) is 15.1 Å². The van der Waals surface area contributed by atoms with Crippen LogP contribution in [-0.2, 0) is 19.8 Å². The van der Waals surface area contributed by atoms with Gasteiger partial charge in [0.1, 0.15) is 11.2 Å². The molecule has 0 aliphatic carbocycles. The molecule has 0 bridgehead atoms. The van der Waals surface area contributed by atoms with Gasteiger partial charge in [-0.25, -0.2) is 4.39 Å². The Kier molecular flexibility index (Phi) is 8.14. The molecular weight excluding hydrogens is 566 g/mol. The van der Waals surface area contributed by atoms with Crippen LogP contribution in [0.25, 0.3) is 0 Å². The van der Waals surface area contributed by atoms with Gasteiger partial charge in [0, 0.05) is 55.3 Å². The smallest absolute Gasteiger partial charge is 0.240 e. The summed E-state index contributed by atoms with van der Waals surface area (Å²) in [6, 6.07) is 8.73. The van der Waals surface area contributed by atoms with E-state index in [1.54, 1.807) is 28.0 Å². The van der Waals surface area contributed by atoms with E-state index in [0.717, 1.165) is 12.0 Å². The maximum atomic E-state index is 15.1. The highest BCUT2D eigenvalue weighted by Gasteiger charge is 2.66. The number of carbonyl (C=O) groups is 3. The minimum atomic E-state index is -1.29. The van der Waals surface area contributed by atoms with Crippen molar-refractivity contribution >= 4 is 46.6 Å². The summed E-state index contributed by atoms with van der Waals surface area (Å²) in [7, 11) is 0. The van der Waals surface area contributed by atoms with Crippen molar-refractivity contribution in [3.63, 3.8) is 0 Å². The second kappa shape index (κ2) is 11.2. The molecule has 0 saturated carbocycles. The van der Waals surface area contributed by atoms with Crippen molar-refractivity contribution < 1.29 is 18.8 Å². The number of carbonyl (C=O) groups excluding carboxylic acids is 3. The summed E-state index contributed by atoms with van der Waals surface area (Å²) in [6.45, 7) is 9.93. The van der Waals surface area contributed by atoms with E-state index in [1.165, 1.54) is 12.1 Å². The third kappa shape index (κ3) is 5.35. The van der Waals surface area contributed by atoms with Gasteiger partial charge in [-0.05, 0) is 53.6 Å². The topological polar surface area (TPSA) is 81.8 Å². The molecule has 5 rings (SSSR count). The van der Waals surface area contributed by atoms with Gasteiger partial charge in [-0.3, -0.25) is 14.4 Å². The van der Waals surface area contributed by atoms with Crippen LogP contribution in [0.5, 0.6) is 0 Å². The number of halogens is 3. The van der Waals surface area contributed by atoms with Crippen molar-refractivity contribution in [3.05, 3.63) is 63.4 Å². The van der Waals surface area contributed by atoms with E-state index >= 15 is 4.39 Å². The van der Waals surface area contributed by atoms with Crippen LogP contribution in [0, 0.1) is 11.2 Å². The first-order valence-corrected chi connectivity index (χ1v) is 15.0. The lowest BCUT2D eigenvalue weighted by molar-refractivity contribution is -0.141. The van der Waals surface area contributed by atoms with Gasteiger partial charge in [-0.2, -0.15) is 0 Å². The zero-order valence-electron chi connectivity index (χ0n) is 23.9. The fourth-order valence-electron chi connectivity index (χ4n) is 6.87. The van der Waals surface area contributed by atoms with E-state index in [-0.39, 0.29) is 28.2 Å². The van der Waals surface area contributed by atoms with E-state index in [4.69, 9.17) is 23.2 Å². The van der Waals surface area contributed by atoms with Gasteiger partial charge < -0.3 is 20.4 Å². The molecule has 4 atom stereocenters. The Labute approximate surface area is 250 Å². The summed E-state index contributed by atoms with van der Waals surface area (Å²) in [6.07, 6.45) is 1.81. The number of nitrogens with one attached hydrogen (secondary N) is 2. The Morgan fingerprint density at radius 3 is 2.39 bits per heavy atom. The standard InChI is InChI=1S/C31H37Cl2FN4O3/c1-5-7-25(39)37-10-12-38(13-11-37)28(40)27-26(18-8-6-9-19(32)14-18)31(24(36-27)17-30(2,3)4)20-15-22(34)21(33)16-23(20)35-29(31)41/h6,8-9,14-16,24,26-27,36H,5,7,10-13,17H2,1-4H3,(H,35,41)/t24-,26+,27-,31+/m1/s1. The van der Waals surface area contributed by atoms with Crippen molar-refractivity contribution in [1.29, 1.82) is 0 Å². The van der Waals surface area contributed by atoms with E-state index in [2.05, 4.69) is 31.4 Å². The fraction of sp³-hybridized carbons (Fsp3) is 0.516. The molecule has 2 aromatic carbocycles. The Morgan fingerprint density at radius 2 is 1.76 bits per heavy atom. The van der Waals surface area contributed by atoms with Gasteiger partial charge in [0.2, 0.25) is 17.7 Å². The minimum absolute atomic E-state index is 0.0816. The maximum Gasteiger partial charge on any atom is 0.240 e. The van der Waals surface area contributed by atoms with Gasteiger partial charge >= 0.3 is 0 Å². The zero-order valence-corrected chi connectivity index (χ0v) is 25.4. The summed E-state index contributed by atoms with van der Waals surface area (Å²) in [5.41, 5.74) is 0.139. The number of nitrogens with zero attached hydrogens (tertiary/aromatic N) is 2. The maximum absolute atomic E-state index is 15.1. The van der Waals surface area contributed by atoms with E-state index in [0.29, 0.717) is 55.3 Å². The molecule has 0 unspecified atom stereocenters. The Morgan fingerprint density at radius 1 is 1.07 bits per heavy atom. The number of hydrogen-bond acceptors (Lipinski definition) is 4. The monoisotopic (exact) mass is 602 g/mol. The molecule has 2 fully saturated rings. The van der Waals surface area contributed by atoms with Crippen LogP contribution in [0.3, 0.4) is 0 Å². The number of hydrogen-bond donors (Lipinski definition) is 2. The SMILES string of the molecule is CCCC(=O)N1CCN(C(=O)[C@@H]2N[C@H](CC(C)(C)C)[C@]3(C(=O)Nc4cc(Cl)c(F)cc43)[C@H]2c2cccc(Cl)c2)CC1. The largest absolute Gasteiger partial charge is 0.339 e. The lowest BCUT2D eigenvalue weighted by Crippen LogP contribution is -2.55. The number of anilines is 1. The molecule has 7 nitrogen and oxygen atoms in total. The molecule has 2 aromatic rings. The molecule has 2 saturated heterocycles. The van der Waals surface area contributed by atoms with E-state index < -0.39 is 29.2 Å². The predicted octanol–water partition coefficient (Wildman–Crippen LogP) is 5.35. The van der Waals surface area contributed by atoms with Crippen LogP contribution in [0.4, 0.5) is 10.1 Å². The molecule has 10 heteroatoms. The van der Waals surface area contributed by atoms with Crippen molar-refractivity contribution in [3.8, 4) is 0 Å². The van der Waals surface area contributed by atoms with Crippen LogP contribution in [0.15, 0.2) is 36.4 Å². The van der Waals surface area contributed by atoms with Gasteiger partial charge in [-0.1, -0.05) is 63.0 Å². The van der Waals surface area contributed by atoms with Gasteiger partial charge in [0.05, 0.1) is 11.1 Å². The van der Waals surface area contributed by atoms with Crippen molar-refractivity contribution in [2.24, 2.45) is 5.41 Å². The Hall–Kier alpha value is -2.68. The highest BCUT2D eigenvalue weighted by atomic mass is 35.5. The second-order valence-corrected chi connectivity index (χ2v) is 13.4. The van der Waals surface area contributed by atoms with E-state index in [1.807, 2.05) is 13.0 Å². The summed E-state index contributed by atoms with van der Waals surface area (Å²) in [5.74, 6) is -1.65. The lowest BCUT2D eigenvalue weighted by Gasteiger charge is -2.39. The van der Waals surface area contributed by atoms with Gasteiger partial charge in [0.25, 0.3) is 0 Å². The average molecular weight is 604 g/mol. The number of fused-ring (bicyclic) bond motifs is 2. The molecule has 1 spiro atoms. The molecule has 220 valence electrons. The van der Waals surface area contributed by atoms with Crippen molar-refractivity contribution in [2.45, 2.75) is 70.4 Å². The number of benzene rings is 2. The molecule has 41 heavy (non-hydrogen) atoms. The van der Waals surface area contributed by atoms with Crippen LogP contribution in [0.2, 0.25) is 10.0 Å². The molecule has 3 amide bonds. The fourth-order valence-corrected chi connectivity index (χ4v) is 7.23. The first-order valence-electron chi connectivity index (χ1n) is 14.3. The number of amides is 3. The second-order valence-electron chi connectivity index (χ2n) is 12.6. The molecule has 3 aliphatic rings. The molecule has 3 aliphatic heterocycles. The van der Waals surface area contributed by atoms with Crippen LogP contribution >= 0.6 is 23.2 Å². The Balaban J connectivity index is 1.61. The zero-order chi connectivity index (χ0) is 29.7. The van der Waals surface area contributed by atoms with Crippen LogP contribution in [-0.4, -0.2) is 65.8 Å². The summed E-state index contributed by atoms with van der Waals surface area (Å²) in [5, 5.41) is 6.94.